The van der Waals surface area contributed by atoms with Gasteiger partial charge in [0.15, 0.2) is 11.5 Å². The normalized spacial score (nSPS) is 19.2. The lowest BCUT2D eigenvalue weighted by Crippen LogP contribution is -2.46. The molecular formula is C25H30N6O2S. The predicted molar refractivity (Wildman–Crippen MR) is 136 cm³/mol. The fourth-order valence-electron chi connectivity index (χ4n) is 4.12. The molecule has 2 aromatic heterocycles. The third-order valence-corrected chi connectivity index (χ3v) is 7.34. The molecule has 1 fully saturated rings. The number of hydrogen-bond acceptors (Lipinski definition) is 9. The molecule has 5 rings (SSSR count). The fraction of sp³-hybridized carbons (Fsp3) is 0.400. The van der Waals surface area contributed by atoms with Crippen LogP contribution in [0, 0.1) is 0 Å². The monoisotopic (exact) mass is 478 g/mol. The van der Waals surface area contributed by atoms with Crippen LogP contribution in [0.4, 0.5) is 23.1 Å². The first-order chi connectivity index (χ1) is 16.6. The van der Waals surface area contributed by atoms with Gasteiger partial charge in [0.1, 0.15) is 11.9 Å². The lowest BCUT2D eigenvalue weighted by Gasteiger charge is -2.39. The van der Waals surface area contributed by atoms with Crippen LogP contribution >= 0.6 is 11.8 Å². The van der Waals surface area contributed by atoms with Crippen LogP contribution in [-0.4, -0.2) is 59.0 Å². The number of aromatic nitrogens is 3. The van der Waals surface area contributed by atoms with E-state index < -0.39 is 0 Å². The molecule has 2 aliphatic rings. The van der Waals surface area contributed by atoms with Crippen LogP contribution in [0.25, 0.3) is 0 Å². The van der Waals surface area contributed by atoms with E-state index in [9.17, 15) is 0 Å². The Morgan fingerprint density at radius 1 is 1.03 bits per heavy atom. The summed E-state index contributed by atoms with van der Waals surface area (Å²) >= 11 is 1.86. The van der Waals surface area contributed by atoms with Crippen molar-refractivity contribution in [2.24, 2.45) is 0 Å². The van der Waals surface area contributed by atoms with Gasteiger partial charge in [-0.2, -0.15) is 4.98 Å². The van der Waals surface area contributed by atoms with Gasteiger partial charge in [-0.1, -0.05) is 0 Å². The number of benzene rings is 1. The van der Waals surface area contributed by atoms with Gasteiger partial charge in [0.05, 0.1) is 24.7 Å². The van der Waals surface area contributed by atoms with E-state index in [0.29, 0.717) is 23.6 Å². The topological polar surface area (TPSA) is 84.4 Å². The molecule has 0 bridgehead atoms. The first kappa shape index (κ1) is 22.7. The zero-order valence-corrected chi connectivity index (χ0v) is 20.6. The summed E-state index contributed by atoms with van der Waals surface area (Å²) in [5.74, 6) is 3.78. The predicted octanol–water partition coefficient (Wildman–Crippen LogP) is 4.88. The van der Waals surface area contributed by atoms with Crippen LogP contribution in [0.5, 0.6) is 11.5 Å². The molecule has 0 atom stereocenters. The van der Waals surface area contributed by atoms with Crippen LogP contribution < -0.4 is 20.1 Å². The maximum Gasteiger partial charge on any atom is 0.229 e. The van der Waals surface area contributed by atoms with E-state index in [2.05, 4.69) is 50.6 Å². The van der Waals surface area contributed by atoms with Gasteiger partial charge in [0.25, 0.3) is 0 Å². The quantitative estimate of drug-likeness (QED) is 0.471. The molecule has 0 amide bonds. The Morgan fingerprint density at radius 2 is 1.91 bits per heavy atom. The molecule has 0 saturated heterocycles. The van der Waals surface area contributed by atoms with E-state index in [-0.39, 0.29) is 6.10 Å². The van der Waals surface area contributed by atoms with Crippen LogP contribution in [0.2, 0.25) is 0 Å². The first-order valence-corrected chi connectivity index (χ1v) is 12.6. The van der Waals surface area contributed by atoms with Crippen molar-refractivity contribution in [2.75, 3.05) is 37.6 Å². The second-order valence-corrected chi connectivity index (χ2v) is 9.97. The maximum absolute atomic E-state index is 6.15. The molecule has 1 aromatic carbocycles. The van der Waals surface area contributed by atoms with Crippen molar-refractivity contribution in [1.29, 1.82) is 0 Å². The molecule has 9 heteroatoms. The molecule has 3 heterocycles. The number of aryl methyl sites for hydroxylation is 1. The summed E-state index contributed by atoms with van der Waals surface area (Å²) in [6.07, 6.45) is 8.12. The van der Waals surface area contributed by atoms with Crippen molar-refractivity contribution in [3.05, 3.63) is 48.4 Å². The van der Waals surface area contributed by atoms with Gasteiger partial charge in [0, 0.05) is 28.9 Å². The van der Waals surface area contributed by atoms with E-state index in [1.165, 1.54) is 17.0 Å². The van der Waals surface area contributed by atoms with Crippen molar-refractivity contribution in [3.63, 3.8) is 0 Å². The number of nitrogens with zero attached hydrogens (tertiary/aromatic N) is 4. The average molecular weight is 479 g/mol. The van der Waals surface area contributed by atoms with Gasteiger partial charge in [-0.05, 0) is 69.8 Å². The molecule has 34 heavy (non-hydrogen) atoms. The van der Waals surface area contributed by atoms with E-state index in [1.54, 1.807) is 13.3 Å². The Morgan fingerprint density at radius 3 is 2.74 bits per heavy atom. The van der Waals surface area contributed by atoms with E-state index in [4.69, 9.17) is 9.47 Å². The van der Waals surface area contributed by atoms with Crippen molar-refractivity contribution in [2.45, 2.75) is 42.7 Å². The Labute approximate surface area is 204 Å². The second-order valence-electron chi connectivity index (χ2n) is 8.83. The van der Waals surface area contributed by atoms with Crippen LogP contribution in [0.3, 0.4) is 0 Å². The number of anilines is 4. The lowest BCUT2D eigenvalue weighted by atomic mass is 9.88. The molecule has 1 aliphatic carbocycles. The number of fused-ring (bicyclic) bond motifs is 1. The Kier molecular flexibility index (Phi) is 6.73. The fourth-order valence-corrected chi connectivity index (χ4v) is 5.16. The highest BCUT2D eigenvalue weighted by molar-refractivity contribution is 7.99. The molecule has 1 aliphatic heterocycles. The average Bonchev–Trinajstić information content (AvgIpc) is 2.81. The highest BCUT2D eigenvalue weighted by atomic mass is 32.2. The smallest absolute Gasteiger partial charge is 0.229 e. The highest BCUT2D eigenvalue weighted by Crippen LogP contribution is 2.36. The Hall–Kier alpha value is -3.04. The molecule has 0 spiro atoms. The molecule has 178 valence electrons. The van der Waals surface area contributed by atoms with Crippen LogP contribution in [0.1, 0.15) is 25.0 Å². The zero-order chi connectivity index (χ0) is 23.5. The maximum atomic E-state index is 6.15. The van der Waals surface area contributed by atoms with Gasteiger partial charge in [0.2, 0.25) is 5.95 Å². The number of ether oxygens (including phenoxy) is 2. The molecular weight excluding hydrogens is 448 g/mol. The van der Waals surface area contributed by atoms with E-state index in [0.717, 1.165) is 42.1 Å². The summed E-state index contributed by atoms with van der Waals surface area (Å²) in [4.78, 5) is 17.1. The van der Waals surface area contributed by atoms with Gasteiger partial charge >= 0.3 is 0 Å². The summed E-state index contributed by atoms with van der Waals surface area (Å²) < 4.78 is 11.7. The number of rotatable bonds is 8. The summed E-state index contributed by atoms with van der Waals surface area (Å²) in [6.45, 7) is 0. The van der Waals surface area contributed by atoms with E-state index in [1.807, 2.05) is 42.2 Å². The molecule has 1 saturated carbocycles. The Balaban J connectivity index is 1.24. The minimum Gasteiger partial charge on any atom is -0.493 e. The van der Waals surface area contributed by atoms with Gasteiger partial charge in [-0.25, -0.2) is 4.98 Å². The second kappa shape index (κ2) is 10.1. The van der Waals surface area contributed by atoms with Crippen LogP contribution in [0.15, 0.2) is 47.6 Å². The molecule has 0 unspecified atom stereocenters. The van der Waals surface area contributed by atoms with Crippen molar-refractivity contribution in [1.82, 2.24) is 19.9 Å². The highest BCUT2D eigenvalue weighted by Gasteiger charge is 2.32. The number of hydrogen-bond donors (Lipinski definition) is 2. The van der Waals surface area contributed by atoms with Gasteiger partial charge in [-0.15, -0.1) is 11.8 Å². The minimum atomic E-state index is 0.225. The third kappa shape index (κ3) is 5.20. The lowest BCUT2D eigenvalue weighted by molar-refractivity contribution is 0.0383. The molecule has 8 nitrogen and oxygen atoms in total. The van der Waals surface area contributed by atoms with Gasteiger partial charge < -0.3 is 25.0 Å². The van der Waals surface area contributed by atoms with Crippen molar-refractivity contribution in [3.8, 4) is 11.5 Å². The number of thioether (sulfide) groups is 1. The first-order valence-electron chi connectivity index (χ1n) is 11.6. The van der Waals surface area contributed by atoms with Crippen LogP contribution in [-0.2, 0) is 6.42 Å². The summed E-state index contributed by atoms with van der Waals surface area (Å²) in [5.41, 5.74) is 2.93. The zero-order valence-electron chi connectivity index (χ0n) is 19.7. The van der Waals surface area contributed by atoms with Gasteiger partial charge in [-0.3, -0.25) is 4.98 Å². The molecule has 2 N–H and O–H groups in total. The number of methoxy groups -OCH3 is 1. The number of nitrogens with one attached hydrogen (secondary N) is 2. The Bertz CT molecular complexity index is 1150. The third-order valence-electron chi connectivity index (χ3n) is 6.19. The van der Waals surface area contributed by atoms with Crippen molar-refractivity contribution < 1.29 is 9.47 Å². The summed E-state index contributed by atoms with van der Waals surface area (Å²) in [5, 5.41) is 6.60. The van der Waals surface area contributed by atoms with Crippen molar-refractivity contribution >= 4 is 34.9 Å². The standard InChI is InChI=1S/C25H30N6O2S/c1-31(2)18-13-19(14-18)33-21-7-6-16(11-22(21)32-3)29-25-26-9-8-24(30-25)28-17-12-23-20(27-15-17)5-4-10-34-23/h6-9,11-12,15,18-19H,4-5,10,13-14H2,1-3H3,(H2,26,28,29,30). The molecule has 3 aromatic rings. The molecule has 0 radical (unpaired) electrons. The SMILES string of the molecule is COc1cc(Nc2nccc(Nc3cnc4c(c3)SCCC4)n2)ccc1OC1CC(N(C)C)C1. The summed E-state index contributed by atoms with van der Waals surface area (Å²) in [7, 11) is 5.87. The summed E-state index contributed by atoms with van der Waals surface area (Å²) in [6, 6.07) is 10.4. The minimum absolute atomic E-state index is 0.225. The van der Waals surface area contributed by atoms with E-state index >= 15 is 0 Å². The number of pyridine rings is 1. The largest absolute Gasteiger partial charge is 0.493 e.